The number of hydrogen-bond donors (Lipinski definition) is 0. The molecule has 0 spiro atoms. The quantitative estimate of drug-likeness (QED) is 0.235. The van der Waals surface area contributed by atoms with Gasteiger partial charge in [0.2, 0.25) is 11.7 Å². The van der Waals surface area contributed by atoms with Crippen LogP contribution in [0.1, 0.15) is 60.3 Å². The molecule has 202 valence electrons. The number of carbonyl (C=O) groups is 5. The average Bonchev–Trinajstić information content (AvgIpc) is 3.63. The van der Waals surface area contributed by atoms with Crippen molar-refractivity contribution in [2.75, 3.05) is 6.61 Å². The molecule has 2 saturated heterocycles. The summed E-state index contributed by atoms with van der Waals surface area (Å²) in [4.78, 5) is 63.0. The summed E-state index contributed by atoms with van der Waals surface area (Å²) in [6.45, 7) is 9.16. The molecule has 4 aliphatic carbocycles. The van der Waals surface area contributed by atoms with Crippen LogP contribution in [0.2, 0.25) is 0 Å². The van der Waals surface area contributed by atoms with Gasteiger partial charge in [0.1, 0.15) is 0 Å². The number of esters is 5. The zero-order valence-electron chi connectivity index (χ0n) is 22.1. The van der Waals surface area contributed by atoms with Gasteiger partial charge in [-0.25, -0.2) is 9.59 Å². The van der Waals surface area contributed by atoms with E-state index in [9.17, 15) is 24.0 Å². The average molecular weight is 517 g/mol. The van der Waals surface area contributed by atoms with E-state index < -0.39 is 58.8 Å². The minimum Gasteiger partial charge on any atom is -0.463 e. The van der Waals surface area contributed by atoms with Crippen LogP contribution in [0.15, 0.2) is 0 Å². The molecule has 4 bridgehead atoms. The Balaban J connectivity index is 1.19. The van der Waals surface area contributed by atoms with Crippen LogP contribution in [-0.2, 0) is 42.9 Å². The smallest absolute Gasteiger partial charge is 0.350 e. The zero-order chi connectivity index (χ0) is 26.6. The molecule has 0 aromatic rings. The molecule has 0 N–H and O–H groups in total. The lowest BCUT2D eigenvalue weighted by Gasteiger charge is -2.48. The summed E-state index contributed by atoms with van der Waals surface area (Å²) < 4.78 is 21.0. The molecule has 0 amide bonds. The van der Waals surface area contributed by atoms with Crippen LogP contribution in [0.25, 0.3) is 0 Å². The van der Waals surface area contributed by atoms with Crippen molar-refractivity contribution >= 4 is 29.8 Å². The zero-order valence-corrected chi connectivity index (χ0v) is 22.1. The summed E-state index contributed by atoms with van der Waals surface area (Å²) in [6.07, 6.45) is 2.02. The van der Waals surface area contributed by atoms with E-state index in [4.69, 9.17) is 18.9 Å². The summed E-state index contributed by atoms with van der Waals surface area (Å²) in [7, 11) is 0. The molecule has 0 aromatic carbocycles. The van der Waals surface area contributed by atoms with Crippen LogP contribution in [0, 0.1) is 64.6 Å². The normalized spacial score (nSPS) is 47.7. The molecule has 6 fully saturated rings. The van der Waals surface area contributed by atoms with Gasteiger partial charge in [-0.1, -0.05) is 13.8 Å². The van der Waals surface area contributed by atoms with Gasteiger partial charge >= 0.3 is 29.8 Å². The molecule has 6 aliphatic rings. The van der Waals surface area contributed by atoms with Crippen molar-refractivity contribution in [1.29, 1.82) is 0 Å². The third kappa shape index (κ3) is 3.37. The van der Waals surface area contributed by atoms with Gasteiger partial charge in [-0.3, -0.25) is 14.4 Å². The molecule has 9 heteroatoms. The van der Waals surface area contributed by atoms with Gasteiger partial charge in [-0.15, -0.1) is 0 Å². The van der Waals surface area contributed by atoms with Gasteiger partial charge < -0.3 is 18.9 Å². The Kier molecular flexibility index (Phi) is 5.39. The maximum atomic E-state index is 13.7. The maximum Gasteiger partial charge on any atom is 0.350 e. The summed E-state index contributed by atoms with van der Waals surface area (Å²) in [6, 6.07) is 0. The number of carbonyl (C=O) groups excluding carboxylic acids is 5. The molecule has 0 aromatic heterocycles. The van der Waals surface area contributed by atoms with E-state index in [1.165, 1.54) is 13.8 Å². The fraction of sp³-hybridized carbons (Fsp3) is 0.821. The Morgan fingerprint density at radius 2 is 1.70 bits per heavy atom. The Morgan fingerprint density at radius 1 is 0.973 bits per heavy atom. The first-order chi connectivity index (χ1) is 17.3. The number of rotatable bonds is 5. The minimum absolute atomic E-state index is 0.0809. The second kappa shape index (κ2) is 8.03. The first-order valence-corrected chi connectivity index (χ1v) is 13.7. The van der Waals surface area contributed by atoms with E-state index in [2.05, 4.69) is 6.92 Å². The predicted octanol–water partition coefficient (Wildman–Crippen LogP) is 2.68. The number of ether oxygens (including phenoxy) is 4. The fourth-order valence-corrected chi connectivity index (χ4v) is 9.50. The third-order valence-corrected chi connectivity index (χ3v) is 11.1. The van der Waals surface area contributed by atoms with Crippen LogP contribution >= 0.6 is 0 Å². The standard InChI is InChI=1S/C28H36O9/c1-11-14-9-15(18(11)19-12(2)22(29)36-24(19)31)21-16-8-13(20(14)21)10-28(16,5)26(33)37-27(3,4)25(32)35-17-6-7-34-23(17)30/h11-21H,6-10H2,1-5H3. The highest BCUT2D eigenvalue weighted by Gasteiger charge is 2.72. The molecular formula is C28H36O9. The Labute approximate surface area is 216 Å². The fourth-order valence-electron chi connectivity index (χ4n) is 9.50. The SMILES string of the molecule is CC1C(=O)OC(=O)C1C1C(C)C2CC1C1C2C2CC1C(C)(C(=O)OC(C)(C)C(=O)OC1CCOC1=O)C2. The van der Waals surface area contributed by atoms with E-state index in [1.807, 2.05) is 6.92 Å². The lowest BCUT2D eigenvalue weighted by molar-refractivity contribution is -0.192. The summed E-state index contributed by atoms with van der Waals surface area (Å²) >= 11 is 0. The van der Waals surface area contributed by atoms with E-state index in [0.29, 0.717) is 36.0 Å². The van der Waals surface area contributed by atoms with Crippen molar-refractivity contribution in [1.82, 2.24) is 0 Å². The van der Waals surface area contributed by atoms with Gasteiger partial charge in [0.15, 0.2) is 0 Å². The monoisotopic (exact) mass is 516 g/mol. The second-order valence-electron chi connectivity index (χ2n) is 13.2. The van der Waals surface area contributed by atoms with Crippen molar-refractivity contribution in [3.63, 3.8) is 0 Å². The van der Waals surface area contributed by atoms with Crippen molar-refractivity contribution in [2.45, 2.75) is 72.0 Å². The molecule has 6 rings (SSSR count). The van der Waals surface area contributed by atoms with Gasteiger partial charge in [0.05, 0.1) is 23.9 Å². The third-order valence-electron chi connectivity index (χ3n) is 11.1. The molecule has 2 heterocycles. The van der Waals surface area contributed by atoms with Gasteiger partial charge in [0, 0.05) is 6.42 Å². The highest BCUT2D eigenvalue weighted by atomic mass is 16.6. The molecule has 37 heavy (non-hydrogen) atoms. The van der Waals surface area contributed by atoms with E-state index in [-0.39, 0.29) is 24.4 Å². The van der Waals surface area contributed by atoms with Crippen LogP contribution in [0.3, 0.4) is 0 Å². The highest BCUT2D eigenvalue weighted by molar-refractivity contribution is 5.96. The maximum absolute atomic E-state index is 13.7. The molecule has 12 unspecified atom stereocenters. The van der Waals surface area contributed by atoms with E-state index in [0.717, 1.165) is 19.3 Å². The molecule has 0 radical (unpaired) electrons. The predicted molar refractivity (Wildman–Crippen MR) is 125 cm³/mol. The number of cyclic esters (lactones) is 3. The number of fused-ring (bicyclic) bond motifs is 9. The molecule has 2 aliphatic heterocycles. The molecular weight excluding hydrogens is 480 g/mol. The summed E-state index contributed by atoms with van der Waals surface area (Å²) in [5.41, 5.74) is -2.29. The van der Waals surface area contributed by atoms with Crippen molar-refractivity contribution in [3.05, 3.63) is 0 Å². The summed E-state index contributed by atoms with van der Waals surface area (Å²) in [5.74, 6) is -0.920. The van der Waals surface area contributed by atoms with Gasteiger partial charge in [-0.2, -0.15) is 0 Å². The largest absolute Gasteiger partial charge is 0.463 e. The van der Waals surface area contributed by atoms with Gasteiger partial charge in [-0.05, 0) is 87.4 Å². The second-order valence-corrected chi connectivity index (χ2v) is 13.2. The Bertz CT molecular complexity index is 1080. The van der Waals surface area contributed by atoms with Crippen molar-refractivity contribution in [3.8, 4) is 0 Å². The van der Waals surface area contributed by atoms with Crippen LogP contribution in [0.4, 0.5) is 0 Å². The van der Waals surface area contributed by atoms with E-state index in [1.54, 1.807) is 6.92 Å². The van der Waals surface area contributed by atoms with Crippen molar-refractivity contribution in [2.24, 2.45) is 64.6 Å². The Hall–Kier alpha value is -2.45. The topological polar surface area (TPSA) is 122 Å². The lowest BCUT2D eigenvalue weighted by atomic mass is 9.55. The first-order valence-electron chi connectivity index (χ1n) is 13.7. The number of hydrogen-bond acceptors (Lipinski definition) is 9. The van der Waals surface area contributed by atoms with Gasteiger partial charge in [0.25, 0.3) is 0 Å². The first kappa shape index (κ1) is 24.9. The van der Waals surface area contributed by atoms with E-state index >= 15 is 0 Å². The molecule has 9 nitrogen and oxygen atoms in total. The van der Waals surface area contributed by atoms with Crippen LogP contribution in [-0.4, -0.2) is 48.2 Å². The molecule has 4 saturated carbocycles. The van der Waals surface area contributed by atoms with Crippen molar-refractivity contribution < 1.29 is 42.9 Å². The summed E-state index contributed by atoms with van der Waals surface area (Å²) in [5, 5.41) is 0. The highest BCUT2D eigenvalue weighted by Crippen LogP contribution is 2.75. The Morgan fingerprint density at radius 3 is 2.32 bits per heavy atom. The lowest BCUT2D eigenvalue weighted by Crippen LogP contribution is -2.51. The minimum atomic E-state index is -1.54. The van der Waals surface area contributed by atoms with Crippen LogP contribution < -0.4 is 0 Å². The molecule has 12 atom stereocenters. The van der Waals surface area contributed by atoms with Crippen LogP contribution in [0.5, 0.6) is 0 Å².